The van der Waals surface area contributed by atoms with Crippen LogP contribution < -0.4 is 4.90 Å². The summed E-state index contributed by atoms with van der Waals surface area (Å²) in [6.45, 7) is 3.87. The van der Waals surface area contributed by atoms with Gasteiger partial charge in [-0.3, -0.25) is 14.7 Å². The first-order valence-corrected chi connectivity index (χ1v) is 10.9. The van der Waals surface area contributed by atoms with Gasteiger partial charge in [0.25, 0.3) is 0 Å². The van der Waals surface area contributed by atoms with Gasteiger partial charge >= 0.3 is 0 Å². The average Bonchev–Trinajstić information content (AvgIpc) is 3.26. The number of hydrogen-bond acceptors (Lipinski definition) is 3. The molecule has 1 atom stereocenters. The van der Waals surface area contributed by atoms with Gasteiger partial charge < -0.3 is 4.90 Å². The highest BCUT2D eigenvalue weighted by Crippen LogP contribution is 2.31. The van der Waals surface area contributed by atoms with Gasteiger partial charge in [0.15, 0.2) is 5.17 Å². The van der Waals surface area contributed by atoms with Crippen molar-refractivity contribution in [2.75, 3.05) is 17.7 Å². The van der Waals surface area contributed by atoms with Gasteiger partial charge in [-0.15, -0.1) is 12.4 Å². The summed E-state index contributed by atoms with van der Waals surface area (Å²) in [5.41, 5.74) is 2.33. The molecule has 1 heterocycles. The van der Waals surface area contributed by atoms with E-state index >= 15 is 0 Å². The van der Waals surface area contributed by atoms with E-state index in [0.29, 0.717) is 6.04 Å². The largest absolute Gasteiger partial charge is 0.333 e. The standard InChI is InChI=1S/C21H31N3OS.ClH/c1-4-5-8-17-11-13-19(14-12-17)24(16(2)25)20-15-26-21(23(20)3)22-18-9-6-7-10-18;/h11-14,18,20H,4-10,15H2,1-3H3;1H. The lowest BCUT2D eigenvalue weighted by atomic mass is 10.1. The predicted octanol–water partition coefficient (Wildman–Crippen LogP) is 5.11. The Balaban J connectivity index is 0.00000261. The number of amidine groups is 1. The molecule has 1 saturated heterocycles. The SMILES string of the molecule is CCCCc1ccc(N(C(C)=O)C2CSC(=NC3CCCC3)N2C)cc1.Cl. The van der Waals surface area contributed by atoms with Gasteiger partial charge in [0, 0.05) is 25.4 Å². The number of anilines is 1. The van der Waals surface area contributed by atoms with Gasteiger partial charge in [0.2, 0.25) is 5.91 Å². The Bertz CT molecular complexity index is 643. The topological polar surface area (TPSA) is 35.9 Å². The minimum atomic E-state index is 0. The Morgan fingerprint density at radius 2 is 1.93 bits per heavy atom. The van der Waals surface area contributed by atoms with Gasteiger partial charge in [0.05, 0.1) is 6.04 Å². The van der Waals surface area contributed by atoms with Gasteiger partial charge in [-0.2, -0.15) is 0 Å². The van der Waals surface area contributed by atoms with Crippen LogP contribution in [0.15, 0.2) is 29.3 Å². The molecule has 0 bridgehead atoms. The Kier molecular flexibility index (Phi) is 8.49. The molecule has 1 aromatic rings. The van der Waals surface area contributed by atoms with Gasteiger partial charge in [0.1, 0.15) is 6.17 Å². The molecule has 150 valence electrons. The summed E-state index contributed by atoms with van der Waals surface area (Å²) in [7, 11) is 2.07. The lowest BCUT2D eigenvalue weighted by Crippen LogP contribution is -2.48. The average molecular weight is 410 g/mol. The van der Waals surface area contributed by atoms with Crippen LogP contribution in [0.1, 0.15) is 57.9 Å². The monoisotopic (exact) mass is 409 g/mol. The molecule has 1 saturated carbocycles. The number of amides is 1. The van der Waals surface area contributed by atoms with Crippen molar-refractivity contribution in [1.29, 1.82) is 0 Å². The molecular weight excluding hydrogens is 378 g/mol. The van der Waals surface area contributed by atoms with E-state index in [-0.39, 0.29) is 24.5 Å². The molecule has 1 aliphatic carbocycles. The van der Waals surface area contributed by atoms with E-state index in [9.17, 15) is 4.79 Å². The molecule has 1 unspecified atom stereocenters. The maximum Gasteiger partial charge on any atom is 0.225 e. The first-order valence-electron chi connectivity index (χ1n) is 9.92. The van der Waals surface area contributed by atoms with Crippen LogP contribution in [0.4, 0.5) is 5.69 Å². The summed E-state index contributed by atoms with van der Waals surface area (Å²) >= 11 is 1.78. The zero-order valence-electron chi connectivity index (χ0n) is 16.7. The summed E-state index contributed by atoms with van der Waals surface area (Å²) in [5.74, 6) is 0.963. The molecule has 4 nitrogen and oxygen atoms in total. The third-order valence-corrected chi connectivity index (χ3v) is 6.52. The second-order valence-corrected chi connectivity index (χ2v) is 8.40. The fraction of sp³-hybridized carbons (Fsp3) is 0.619. The Morgan fingerprint density at radius 1 is 1.26 bits per heavy atom. The van der Waals surface area contributed by atoms with Crippen molar-refractivity contribution >= 4 is 40.9 Å². The third-order valence-electron chi connectivity index (χ3n) is 5.40. The number of rotatable bonds is 6. The number of carbonyl (C=O) groups is 1. The third kappa shape index (κ3) is 5.41. The van der Waals surface area contributed by atoms with Crippen LogP contribution in [0.2, 0.25) is 0 Å². The summed E-state index contributed by atoms with van der Waals surface area (Å²) in [6, 6.07) is 8.99. The fourth-order valence-electron chi connectivity index (χ4n) is 3.82. The zero-order valence-corrected chi connectivity index (χ0v) is 18.3. The van der Waals surface area contributed by atoms with Crippen molar-refractivity contribution in [3.63, 3.8) is 0 Å². The summed E-state index contributed by atoms with van der Waals surface area (Å²) in [5, 5.41) is 1.09. The van der Waals surface area contributed by atoms with E-state index in [1.807, 2.05) is 4.90 Å². The van der Waals surface area contributed by atoms with Gasteiger partial charge in [-0.05, 0) is 43.4 Å². The molecule has 27 heavy (non-hydrogen) atoms. The van der Waals surface area contributed by atoms with Gasteiger partial charge in [-0.1, -0.05) is 50.1 Å². The number of aliphatic imine (C=N–C) groups is 1. The molecule has 0 radical (unpaired) electrons. The van der Waals surface area contributed by atoms with E-state index in [4.69, 9.17) is 4.99 Å². The molecule has 6 heteroatoms. The summed E-state index contributed by atoms with van der Waals surface area (Å²) in [6.07, 6.45) is 8.56. The highest BCUT2D eigenvalue weighted by Gasteiger charge is 2.35. The van der Waals surface area contributed by atoms with Crippen LogP contribution >= 0.6 is 24.2 Å². The molecule has 1 aromatic carbocycles. The number of carbonyl (C=O) groups excluding carboxylic acids is 1. The van der Waals surface area contributed by atoms with Crippen LogP contribution in [-0.4, -0.2) is 41.0 Å². The first-order chi connectivity index (χ1) is 12.6. The minimum Gasteiger partial charge on any atom is -0.333 e. The molecule has 0 N–H and O–H groups in total. The highest BCUT2D eigenvalue weighted by molar-refractivity contribution is 8.14. The number of aryl methyl sites for hydroxylation is 1. The normalized spacial score (nSPS) is 21.5. The first kappa shape index (κ1) is 22.1. The van der Waals surface area contributed by atoms with Crippen molar-refractivity contribution in [1.82, 2.24) is 4.90 Å². The molecule has 1 amide bonds. The summed E-state index contributed by atoms with van der Waals surface area (Å²) in [4.78, 5) is 21.5. The van der Waals surface area contributed by atoms with Crippen LogP contribution in [0.25, 0.3) is 0 Å². The maximum atomic E-state index is 12.4. The van der Waals surface area contributed by atoms with E-state index in [1.54, 1.807) is 18.7 Å². The molecule has 0 aromatic heterocycles. The Morgan fingerprint density at radius 3 is 2.52 bits per heavy atom. The molecule has 3 rings (SSSR count). The quantitative estimate of drug-likeness (QED) is 0.655. The van der Waals surface area contributed by atoms with Crippen molar-refractivity contribution in [3.8, 4) is 0 Å². The molecular formula is C21H32ClN3OS. The van der Waals surface area contributed by atoms with Crippen molar-refractivity contribution in [3.05, 3.63) is 29.8 Å². The van der Waals surface area contributed by atoms with Gasteiger partial charge in [-0.25, -0.2) is 0 Å². The number of unbranched alkanes of at least 4 members (excludes halogenated alkanes) is 1. The number of halogens is 1. The minimum absolute atomic E-state index is 0. The van der Waals surface area contributed by atoms with E-state index in [0.717, 1.165) is 23.0 Å². The highest BCUT2D eigenvalue weighted by atomic mass is 35.5. The van der Waals surface area contributed by atoms with Crippen LogP contribution in [0.5, 0.6) is 0 Å². The zero-order chi connectivity index (χ0) is 18.5. The number of thioether (sulfide) groups is 1. The van der Waals surface area contributed by atoms with Crippen molar-refractivity contribution in [2.24, 2.45) is 4.99 Å². The Labute approximate surface area is 174 Å². The second kappa shape index (κ2) is 10.4. The summed E-state index contributed by atoms with van der Waals surface area (Å²) < 4.78 is 0. The van der Waals surface area contributed by atoms with Crippen LogP contribution in [0.3, 0.4) is 0 Å². The van der Waals surface area contributed by atoms with Crippen LogP contribution in [-0.2, 0) is 11.2 Å². The molecule has 2 aliphatic rings. The molecule has 1 aliphatic heterocycles. The lowest BCUT2D eigenvalue weighted by molar-refractivity contribution is -0.117. The van der Waals surface area contributed by atoms with Crippen molar-refractivity contribution in [2.45, 2.75) is 71.0 Å². The van der Waals surface area contributed by atoms with E-state index in [1.165, 1.54) is 44.1 Å². The lowest BCUT2D eigenvalue weighted by Gasteiger charge is -2.33. The number of hydrogen-bond donors (Lipinski definition) is 0. The van der Waals surface area contributed by atoms with Crippen LogP contribution in [0, 0.1) is 0 Å². The molecule has 0 spiro atoms. The maximum absolute atomic E-state index is 12.4. The van der Waals surface area contributed by atoms with E-state index in [2.05, 4.69) is 43.1 Å². The molecule has 2 fully saturated rings. The van der Waals surface area contributed by atoms with E-state index < -0.39 is 0 Å². The fourth-order valence-corrected chi connectivity index (χ4v) is 5.04. The predicted molar refractivity (Wildman–Crippen MR) is 119 cm³/mol. The Hall–Kier alpha value is -1.20. The second-order valence-electron chi connectivity index (χ2n) is 7.41. The number of benzene rings is 1. The smallest absolute Gasteiger partial charge is 0.225 e. The number of nitrogens with zero attached hydrogens (tertiary/aromatic N) is 3. The van der Waals surface area contributed by atoms with Crippen molar-refractivity contribution < 1.29 is 4.79 Å².